The van der Waals surface area contributed by atoms with Gasteiger partial charge in [0.25, 0.3) is 0 Å². The zero-order chi connectivity index (χ0) is 35.6. The standard InChI is InChI=1S/C34H41NO12S/c1-17-25(46-19(3)37)14-23-22(28(17)40)12-11-20-13-21(9-7-5-6-8-10-27(38)39)34(31(44)33(20,23)4)29(41)26(47-32(34)45)16-48-15-24(30(42)43)35-18(2)36/h5-12,17,20-26,28,40H,13-16H2,1-4H3,(H,35,36)(H,38,39)(H,42,43)/b6-5+,9-7+,10-8+/t17-,20-,21+,22+,23-,24+,25+,26+,28+,33-,34-/m0/s1. The number of carboxylic acid groups (broad SMARTS) is 2. The molecule has 14 heteroatoms. The molecule has 0 aromatic rings. The largest absolute Gasteiger partial charge is 0.480 e. The number of hydrogen-bond donors (Lipinski definition) is 4. The van der Waals surface area contributed by atoms with Gasteiger partial charge in [-0.1, -0.05) is 56.4 Å². The van der Waals surface area contributed by atoms with Crippen molar-refractivity contribution in [1.29, 1.82) is 0 Å². The van der Waals surface area contributed by atoms with E-state index in [2.05, 4.69) is 5.32 Å². The molecule has 260 valence electrons. The summed E-state index contributed by atoms with van der Waals surface area (Å²) < 4.78 is 11.2. The number of aliphatic hydroxyl groups excluding tert-OH is 1. The van der Waals surface area contributed by atoms with E-state index in [-0.39, 0.29) is 24.3 Å². The molecular weight excluding hydrogens is 646 g/mol. The molecule has 4 rings (SSSR count). The van der Waals surface area contributed by atoms with E-state index < -0.39 is 106 Å². The maximum absolute atomic E-state index is 15.1. The predicted molar refractivity (Wildman–Crippen MR) is 171 cm³/mol. The molecule has 3 aliphatic carbocycles. The Morgan fingerprint density at radius 1 is 1.08 bits per heavy atom. The summed E-state index contributed by atoms with van der Waals surface area (Å²) in [5.74, 6) is -9.15. The molecule has 48 heavy (non-hydrogen) atoms. The van der Waals surface area contributed by atoms with Gasteiger partial charge >= 0.3 is 23.9 Å². The van der Waals surface area contributed by atoms with Crippen LogP contribution in [-0.4, -0.2) is 92.5 Å². The molecule has 1 aliphatic heterocycles. The number of rotatable bonds is 11. The first kappa shape index (κ1) is 36.8. The van der Waals surface area contributed by atoms with Crippen molar-refractivity contribution in [2.75, 3.05) is 11.5 Å². The second kappa shape index (κ2) is 14.6. The van der Waals surface area contributed by atoms with E-state index in [1.165, 1.54) is 38.2 Å². The van der Waals surface area contributed by atoms with Crippen molar-refractivity contribution in [3.8, 4) is 0 Å². The van der Waals surface area contributed by atoms with E-state index in [4.69, 9.17) is 14.6 Å². The van der Waals surface area contributed by atoms with Crippen LogP contribution in [0.2, 0.25) is 0 Å². The minimum absolute atomic E-state index is 0.128. The molecule has 0 unspecified atom stereocenters. The number of ketones is 2. The second-order valence-corrected chi connectivity index (χ2v) is 14.1. The van der Waals surface area contributed by atoms with Crippen molar-refractivity contribution in [2.24, 2.45) is 40.4 Å². The van der Waals surface area contributed by atoms with E-state index >= 15 is 4.79 Å². The van der Waals surface area contributed by atoms with Crippen molar-refractivity contribution in [3.63, 3.8) is 0 Å². The Labute approximate surface area is 281 Å². The highest BCUT2D eigenvalue weighted by Gasteiger charge is 2.74. The molecule has 11 atom stereocenters. The van der Waals surface area contributed by atoms with Gasteiger partial charge in [-0.3, -0.25) is 24.0 Å². The Bertz CT molecular complexity index is 1480. The molecule has 1 amide bonds. The topological polar surface area (TPSA) is 211 Å². The third-order valence-electron chi connectivity index (χ3n) is 10.2. The summed E-state index contributed by atoms with van der Waals surface area (Å²) in [6.07, 6.45) is 9.35. The van der Waals surface area contributed by atoms with Gasteiger partial charge in [-0.05, 0) is 24.7 Å². The third-order valence-corrected chi connectivity index (χ3v) is 11.3. The number of allylic oxidation sites excluding steroid dienone is 6. The van der Waals surface area contributed by atoms with Crippen LogP contribution in [0.1, 0.15) is 40.5 Å². The highest BCUT2D eigenvalue weighted by Crippen LogP contribution is 2.62. The van der Waals surface area contributed by atoms with E-state index in [0.717, 1.165) is 17.8 Å². The van der Waals surface area contributed by atoms with Crippen LogP contribution in [0.3, 0.4) is 0 Å². The number of Topliss-reactive ketones (excluding diaryl/α,β-unsaturated/α-hetero) is 2. The van der Waals surface area contributed by atoms with E-state index in [9.17, 15) is 39.0 Å². The SMILES string of the molecule is CC(=O)N[C@H](CSC[C@H]1OC(=O)[C@@]2(C1=O)C(=O)[C@@]1(C)[C@@H](C=C[C@H]3[C@H](O)[C@@H](C)[C@H](OC(C)=O)C[C@@H]31)C[C@H]2/C=C/C=C/C=C/C(=O)O)C(=O)O. The summed E-state index contributed by atoms with van der Waals surface area (Å²) in [5, 5.41) is 31.9. The molecule has 4 aliphatic rings. The number of aliphatic hydroxyl groups is 1. The molecule has 1 spiro atoms. The number of carboxylic acids is 2. The molecular formula is C34H41NO12S. The van der Waals surface area contributed by atoms with Crippen molar-refractivity contribution in [3.05, 3.63) is 48.6 Å². The van der Waals surface area contributed by atoms with Gasteiger partial charge in [0.1, 0.15) is 12.1 Å². The second-order valence-electron chi connectivity index (χ2n) is 13.0. The lowest BCUT2D eigenvalue weighted by Gasteiger charge is -2.58. The summed E-state index contributed by atoms with van der Waals surface area (Å²) in [7, 11) is 0. The lowest BCUT2D eigenvalue weighted by atomic mass is 9.43. The Kier molecular flexibility index (Phi) is 11.2. The number of esters is 2. The normalized spacial score (nSPS) is 36.6. The molecule has 0 radical (unpaired) electrons. The predicted octanol–water partition coefficient (Wildman–Crippen LogP) is 1.89. The number of thioether (sulfide) groups is 1. The van der Waals surface area contributed by atoms with Gasteiger partial charge < -0.3 is 30.1 Å². The zero-order valence-electron chi connectivity index (χ0n) is 27.1. The van der Waals surface area contributed by atoms with Crippen LogP contribution >= 0.6 is 11.8 Å². The monoisotopic (exact) mass is 687 g/mol. The zero-order valence-corrected chi connectivity index (χ0v) is 27.9. The van der Waals surface area contributed by atoms with Gasteiger partial charge in [0.15, 0.2) is 23.1 Å². The van der Waals surface area contributed by atoms with Gasteiger partial charge in [-0.2, -0.15) is 11.8 Å². The van der Waals surface area contributed by atoms with E-state index in [0.29, 0.717) is 0 Å². The molecule has 2 saturated carbocycles. The summed E-state index contributed by atoms with van der Waals surface area (Å²) in [6.45, 7) is 5.90. The summed E-state index contributed by atoms with van der Waals surface area (Å²) in [5.41, 5.74) is -3.58. The minimum Gasteiger partial charge on any atom is -0.480 e. The minimum atomic E-state index is -2.25. The van der Waals surface area contributed by atoms with Crippen LogP contribution in [0.5, 0.6) is 0 Å². The molecule has 3 fully saturated rings. The molecule has 1 saturated heterocycles. The van der Waals surface area contributed by atoms with Crippen molar-refractivity contribution in [1.82, 2.24) is 5.32 Å². The highest BCUT2D eigenvalue weighted by atomic mass is 32.2. The number of fused-ring (bicyclic) bond motifs is 3. The van der Waals surface area contributed by atoms with Crippen LogP contribution in [-0.2, 0) is 43.0 Å². The van der Waals surface area contributed by atoms with Gasteiger partial charge in [0.2, 0.25) is 5.91 Å². The molecule has 0 aromatic carbocycles. The van der Waals surface area contributed by atoms with E-state index in [1.807, 2.05) is 12.2 Å². The number of ether oxygens (including phenoxy) is 2. The fraction of sp³-hybridized carbons (Fsp3) is 0.559. The Morgan fingerprint density at radius 3 is 2.40 bits per heavy atom. The van der Waals surface area contributed by atoms with Gasteiger partial charge in [0.05, 0.1) is 6.10 Å². The first-order chi connectivity index (χ1) is 22.6. The number of aliphatic carboxylic acids is 2. The number of hydrogen-bond acceptors (Lipinski definition) is 11. The first-order valence-corrected chi connectivity index (χ1v) is 16.9. The average molecular weight is 688 g/mol. The fourth-order valence-electron chi connectivity index (χ4n) is 7.81. The van der Waals surface area contributed by atoms with Crippen LogP contribution in [0.15, 0.2) is 48.6 Å². The number of cyclic esters (lactones) is 1. The van der Waals surface area contributed by atoms with Crippen LogP contribution in [0.25, 0.3) is 0 Å². The Hall–Kier alpha value is -4.04. The molecule has 0 aromatic heterocycles. The summed E-state index contributed by atoms with van der Waals surface area (Å²) >= 11 is 0.978. The molecule has 13 nitrogen and oxygen atoms in total. The van der Waals surface area contributed by atoms with Crippen LogP contribution in [0.4, 0.5) is 0 Å². The lowest BCUT2D eigenvalue weighted by molar-refractivity contribution is -0.180. The maximum Gasteiger partial charge on any atom is 0.328 e. The number of amides is 1. The summed E-state index contributed by atoms with van der Waals surface area (Å²) in [6, 6.07) is -1.25. The molecule has 0 bridgehead atoms. The van der Waals surface area contributed by atoms with Gasteiger partial charge in [-0.15, -0.1) is 0 Å². The van der Waals surface area contributed by atoms with E-state index in [1.54, 1.807) is 19.9 Å². The smallest absolute Gasteiger partial charge is 0.328 e. The first-order valence-electron chi connectivity index (χ1n) is 15.7. The number of carbonyl (C=O) groups is 7. The lowest BCUT2D eigenvalue weighted by Crippen LogP contribution is -2.66. The van der Waals surface area contributed by atoms with Gasteiger partial charge in [-0.25, -0.2) is 9.59 Å². The fourth-order valence-corrected chi connectivity index (χ4v) is 8.84. The number of carbonyl (C=O) groups excluding carboxylic acids is 5. The Morgan fingerprint density at radius 2 is 1.77 bits per heavy atom. The average Bonchev–Trinajstić information content (AvgIpc) is 3.25. The van der Waals surface area contributed by atoms with Gasteiger partial charge in [0, 0.05) is 54.6 Å². The quantitative estimate of drug-likeness (QED) is 0.0805. The highest BCUT2D eigenvalue weighted by molar-refractivity contribution is 7.99. The van der Waals surface area contributed by atoms with Crippen molar-refractivity contribution >= 4 is 53.1 Å². The third kappa shape index (κ3) is 6.77. The maximum atomic E-state index is 15.1. The van der Waals surface area contributed by atoms with Crippen molar-refractivity contribution < 1.29 is 58.4 Å². The Balaban J connectivity index is 1.72. The molecule has 1 heterocycles. The summed E-state index contributed by atoms with van der Waals surface area (Å²) in [4.78, 5) is 89.2. The van der Waals surface area contributed by atoms with Crippen molar-refractivity contribution in [2.45, 2.75) is 64.9 Å². The van der Waals surface area contributed by atoms with Crippen LogP contribution < -0.4 is 5.32 Å². The number of nitrogens with one attached hydrogen (secondary N) is 1. The molecule has 4 N–H and O–H groups in total. The van der Waals surface area contributed by atoms with Crippen LogP contribution in [0, 0.1) is 40.4 Å².